The molecule has 3 atom stereocenters. The van der Waals surface area contributed by atoms with Crippen LogP contribution in [-0.2, 0) is 13.1 Å². The number of carbonyl (C=O) groups is 1. The van der Waals surface area contributed by atoms with Crippen molar-refractivity contribution in [2.75, 3.05) is 6.54 Å². The number of hydrogen-bond donors (Lipinski definition) is 2. The van der Waals surface area contributed by atoms with Crippen molar-refractivity contribution in [1.82, 2.24) is 9.88 Å². The molecule has 0 bridgehead atoms. The highest BCUT2D eigenvalue weighted by atomic mass is 35.5. The highest BCUT2D eigenvalue weighted by Crippen LogP contribution is 2.38. The van der Waals surface area contributed by atoms with Crippen LogP contribution in [-0.4, -0.2) is 28.3 Å². The Morgan fingerprint density at radius 2 is 1.74 bits per heavy atom. The molecule has 1 heterocycles. The van der Waals surface area contributed by atoms with Gasteiger partial charge in [-0.15, -0.1) is 0 Å². The number of carbonyl (C=O) groups excluding carboxylic acids is 1. The third-order valence-electron chi connectivity index (χ3n) is 7.09. The van der Waals surface area contributed by atoms with Crippen molar-refractivity contribution >= 4 is 23.5 Å². The number of nitrogens with zero attached hydrogens (tertiary/aromatic N) is 3. The summed E-state index contributed by atoms with van der Waals surface area (Å²) in [5, 5.41) is 0.382. The van der Waals surface area contributed by atoms with Gasteiger partial charge in [0.05, 0.1) is 12.1 Å². The Balaban J connectivity index is 1.54. The number of amides is 1. The minimum atomic E-state index is -0.0180. The number of halogens is 1. The fourth-order valence-electron chi connectivity index (χ4n) is 5.23. The van der Waals surface area contributed by atoms with E-state index in [1.54, 1.807) is 18.3 Å². The zero-order valence-electron chi connectivity index (χ0n) is 20.0. The van der Waals surface area contributed by atoms with Gasteiger partial charge in [0.25, 0.3) is 5.91 Å². The van der Waals surface area contributed by atoms with Crippen LogP contribution in [0.25, 0.3) is 0 Å². The van der Waals surface area contributed by atoms with E-state index in [-0.39, 0.29) is 11.9 Å². The maximum atomic E-state index is 13.6. The fourth-order valence-corrected chi connectivity index (χ4v) is 5.34. The van der Waals surface area contributed by atoms with Gasteiger partial charge >= 0.3 is 0 Å². The monoisotopic (exact) mass is 491 g/mol. The molecule has 3 unspecified atom stereocenters. The van der Waals surface area contributed by atoms with Crippen molar-refractivity contribution in [2.45, 2.75) is 45.2 Å². The summed E-state index contributed by atoms with van der Waals surface area (Å²) in [6.45, 7) is 1.68. The Morgan fingerprint density at radius 1 is 1.00 bits per heavy atom. The lowest BCUT2D eigenvalue weighted by atomic mass is 9.71. The van der Waals surface area contributed by atoms with E-state index in [1.807, 2.05) is 29.2 Å². The Morgan fingerprint density at radius 3 is 2.43 bits per heavy atom. The second-order valence-corrected chi connectivity index (χ2v) is 9.91. The van der Waals surface area contributed by atoms with E-state index in [1.165, 1.54) is 6.42 Å². The number of guanidine groups is 1. The summed E-state index contributed by atoms with van der Waals surface area (Å²) in [5.41, 5.74) is 13.5. The fraction of sp³-hybridized carbons (Fsp3) is 0.393. The van der Waals surface area contributed by atoms with Crippen LogP contribution in [0.5, 0.6) is 0 Å². The van der Waals surface area contributed by atoms with E-state index in [0.717, 1.165) is 36.8 Å². The zero-order chi connectivity index (χ0) is 24.6. The average molecular weight is 492 g/mol. The number of aliphatic imine (C=N–C) groups is 1. The summed E-state index contributed by atoms with van der Waals surface area (Å²) in [7, 11) is 0. The highest BCUT2D eigenvalue weighted by Gasteiger charge is 2.32. The van der Waals surface area contributed by atoms with Crippen LogP contribution in [0.1, 0.15) is 53.6 Å². The summed E-state index contributed by atoms with van der Waals surface area (Å²) in [6.07, 6.45) is 16.4. The number of benzene rings is 1. The molecule has 0 fully saturated rings. The molecule has 0 spiro atoms. The molecule has 0 aliphatic heterocycles. The number of aromatic nitrogens is 1. The van der Waals surface area contributed by atoms with Crippen molar-refractivity contribution < 1.29 is 4.79 Å². The molecule has 35 heavy (non-hydrogen) atoms. The largest absolute Gasteiger partial charge is 0.370 e. The van der Waals surface area contributed by atoms with Crippen LogP contribution in [0.3, 0.4) is 0 Å². The van der Waals surface area contributed by atoms with Gasteiger partial charge in [-0.3, -0.25) is 4.79 Å². The minimum absolute atomic E-state index is 0.0180. The molecule has 184 valence electrons. The summed E-state index contributed by atoms with van der Waals surface area (Å²) >= 11 is 5.97. The second-order valence-electron chi connectivity index (χ2n) is 9.52. The molecular formula is C28H34ClN5O. The van der Waals surface area contributed by atoms with Crippen molar-refractivity contribution in [2.24, 2.45) is 34.2 Å². The summed E-state index contributed by atoms with van der Waals surface area (Å²) in [6, 6.07) is 11.5. The standard InChI is InChI=1S/C28H34ClN5O/c29-26-15-14-23(17-32-26)27(35)34(18-21-12-10-20(11-13-21)16-33-28(30)31)19-24-8-4-5-9-25(24)22-6-2-1-3-7-22/h1-2,4-5,10-15,17,22,24-25H,3,6-9,16,18-19H2,(H4,30,31,33). The van der Waals surface area contributed by atoms with E-state index < -0.39 is 0 Å². The first-order valence-corrected chi connectivity index (χ1v) is 12.7. The Hall–Kier alpha value is -3.12. The first-order valence-electron chi connectivity index (χ1n) is 12.3. The molecule has 0 saturated heterocycles. The van der Waals surface area contributed by atoms with E-state index >= 15 is 0 Å². The molecule has 2 aromatic rings. The first kappa shape index (κ1) is 25.0. The SMILES string of the molecule is NC(N)=NCc1ccc(CN(CC2CC=CCC2C2CC=CCC2)C(=O)c2ccc(Cl)nc2)cc1. The Kier molecular flexibility index (Phi) is 8.59. The van der Waals surface area contributed by atoms with Crippen LogP contribution in [0.2, 0.25) is 5.15 Å². The van der Waals surface area contributed by atoms with Gasteiger partial charge < -0.3 is 16.4 Å². The molecule has 6 nitrogen and oxygen atoms in total. The van der Waals surface area contributed by atoms with Gasteiger partial charge in [-0.05, 0) is 73.1 Å². The van der Waals surface area contributed by atoms with Crippen molar-refractivity contribution in [3.05, 3.63) is 88.7 Å². The highest BCUT2D eigenvalue weighted by molar-refractivity contribution is 6.29. The summed E-state index contributed by atoms with van der Waals surface area (Å²) in [5.74, 6) is 1.76. The van der Waals surface area contributed by atoms with Gasteiger partial charge in [-0.1, -0.05) is 60.2 Å². The summed E-state index contributed by atoms with van der Waals surface area (Å²) in [4.78, 5) is 23.8. The van der Waals surface area contributed by atoms with E-state index in [2.05, 4.69) is 34.3 Å². The van der Waals surface area contributed by atoms with Crippen molar-refractivity contribution in [3.8, 4) is 0 Å². The van der Waals surface area contributed by atoms with E-state index in [0.29, 0.717) is 48.1 Å². The van der Waals surface area contributed by atoms with Gasteiger partial charge in [-0.25, -0.2) is 9.98 Å². The molecule has 4 rings (SSSR count). The molecule has 1 amide bonds. The molecule has 1 aromatic heterocycles. The van der Waals surface area contributed by atoms with Gasteiger partial charge in [0.2, 0.25) is 0 Å². The quantitative estimate of drug-likeness (QED) is 0.232. The van der Waals surface area contributed by atoms with E-state index in [9.17, 15) is 4.79 Å². The lowest BCUT2D eigenvalue weighted by Gasteiger charge is -2.38. The third kappa shape index (κ3) is 6.95. The number of allylic oxidation sites excluding steroid dienone is 4. The Labute approximate surface area is 212 Å². The molecule has 1 aromatic carbocycles. The molecular weight excluding hydrogens is 458 g/mol. The first-order chi connectivity index (χ1) is 17.0. The molecule has 2 aliphatic rings. The molecule has 0 radical (unpaired) electrons. The average Bonchev–Trinajstić information content (AvgIpc) is 2.89. The maximum absolute atomic E-state index is 13.6. The van der Waals surface area contributed by atoms with Gasteiger partial charge in [0.15, 0.2) is 5.96 Å². The van der Waals surface area contributed by atoms with Crippen LogP contribution in [0, 0.1) is 17.8 Å². The predicted octanol–water partition coefficient (Wildman–Crippen LogP) is 5.09. The number of hydrogen-bond acceptors (Lipinski definition) is 3. The topological polar surface area (TPSA) is 97.6 Å². The van der Waals surface area contributed by atoms with Crippen LogP contribution < -0.4 is 11.5 Å². The minimum Gasteiger partial charge on any atom is -0.370 e. The smallest absolute Gasteiger partial charge is 0.255 e. The molecule has 7 heteroatoms. The third-order valence-corrected chi connectivity index (χ3v) is 7.32. The van der Waals surface area contributed by atoms with Gasteiger partial charge in [0.1, 0.15) is 5.15 Å². The van der Waals surface area contributed by atoms with E-state index in [4.69, 9.17) is 23.1 Å². The number of rotatable bonds is 8. The number of pyridine rings is 1. The van der Waals surface area contributed by atoms with Crippen molar-refractivity contribution in [3.63, 3.8) is 0 Å². The lowest BCUT2D eigenvalue weighted by molar-refractivity contribution is 0.0657. The second kappa shape index (κ2) is 12.0. The van der Waals surface area contributed by atoms with Crippen LogP contribution >= 0.6 is 11.6 Å². The molecule has 2 aliphatic carbocycles. The summed E-state index contributed by atoms with van der Waals surface area (Å²) < 4.78 is 0. The van der Waals surface area contributed by atoms with Gasteiger partial charge in [-0.2, -0.15) is 0 Å². The van der Waals surface area contributed by atoms with Crippen LogP contribution in [0.15, 0.2) is 71.9 Å². The van der Waals surface area contributed by atoms with Crippen molar-refractivity contribution in [1.29, 1.82) is 0 Å². The number of nitrogens with two attached hydrogens (primary N) is 2. The van der Waals surface area contributed by atoms with Gasteiger partial charge in [0, 0.05) is 19.3 Å². The molecule has 0 saturated carbocycles. The zero-order valence-corrected chi connectivity index (χ0v) is 20.8. The lowest BCUT2D eigenvalue weighted by Crippen LogP contribution is -2.39. The maximum Gasteiger partial charge on any atom is 0.255 e. The predicted molar refractivity (Wildman–Crippen MR) is 142 cm³/mol. The van der Waals surface area contributed by atoms with Crippen LogP contribution in [0.4, 0.5) is 0 Å². The Bertz CT molecular complexity index is 1070. The normalized spacial score (nSPS) is 21.5. The molecule has 4 N–H and O–H groups in total.